The Morgan fingerprint density at radius 1 is 1.10 bits per heavy atom. The maximum Gasteiger partial charge on any atom is 0.214 e. The van der Waals surface area contributed by atoms with Gasteiger partial charge < -0.3 is 14.1 Å². The monoisotopic (exact) mass is 409 g/mol. The quantitative estimate of drug-likeness (QED) is 0.251. The molecule has 0 aliphatic rings. The predicted molar refractivity (Wildman–Crippen MR) is 117 cm³/mol. The predicted octanol–water partition coefficient (Wildman–Crippen LogP) is 3.97. The summed E-state index contributed by atoms with van der Waals surface area (Å²) >= 11 is 0. The molecule has 3 aromatic heterocycles. The van der Waals surface area contributed by atoms with Crippen molar-refractivity contribution in [3.8, 4) is 16.9 Å². The van der Waals surface area contributed by atoms with E-state index in [2.05, 4.69) is 41.9 Å². The van der Waals surface area contributed by atoms with Crippen LogP contribution in [-0.2, 0) is 11.8 Å². The van der Waals surface area contributed by atoms with Crippen LogP contribution in [0.1, 0.15) is 0 Å². The number of rotatable bonds is 8. The molecule has 4 aromatic rings. The van der Waals surface area contributed by atoms with Gasteiger partial charge in [0.25, 0.3) is 0 Å². The van der Waals surface area contributed by atoms with E-state index < -0.39 is 8.07 Å². The number of fused-ring (bicyclic) bond motifs is 1. The van der Waals surface area contributed by atoms with Gasteiger partial charge >= 0.3 is 0 Å². The third-order valence-corrected chi connectivity index (χ3v) is 6.51. The van der Waals surface area contributed by atoms with Crippen LogP contribution < -0.4 is 4.84 Å². The Morgan fingerprint density at radius 2 is 1.97 bits per heavy atom. The Kier molecular flexibility index (Phi) is 5.29. The fraction of sp³-hybridized carbons (Fsp3) is 0.333. The number of imidazole rings is 1. The summed E-state index contributed by atoms with van der Waals surface area (Å²) in [6, 6.07) is 9.32. The molecule has 29 heavy (non-hydrogen) atoms. The van der Waals surface area contributed by atoms with Crippen molar-refractivity contribution in [2.45, 2.75) is 25.7 Å². The normalized spacial score (nSPS) is 12.0. The highest BCUT2D eigenvalue weighted by Crippen LogP contribution is 2.25. The molecule has 0 unspecified atom stereocenters. The molecule has 0 radical (unpaired) electrons. The van der Waals surface area contributed by atoms with Crippen LogP contribution >= 0.6 is 0 Å². The third-order valence-electron chi connectivity index (χ3n) is 4.81. The zero-order chi connectivity index (χ0) is 20.4. The summed E-state index contributed by atoms with van der Waals surface area (Å²) in [6.45, 7) is 8.01. The van der Waals surface area contributed by atoms with Crippen molar-refractivity contribution < 1.29 is 9.57 Å². The van der Waals surface area contributed by atoms with E-state index in [-0.39, 0.29) is 6.79 Å². The van der Waals surface area contributed by atoms with Crippen LogP contribution in [0.5, 0.6) is 0 Å². The van der Waals surface area contributed by atoms with Gasteiger partial charge in [0.05, 0.1) is 29.4 Å². The molecule has 0 N–H and O–H groups in total. The fourth-order valence-corrected chi connectivity index (χ4v) is 3.91. The average molecular weight is 410 g/mol. The Hall–Kier alpha value is -2.84. The molecule has 0 spiro atoms. The highest BCUT2D eigenvalue weighted by Gasteiger charge is 2.13. The van der Waals surface area contributed by atoms with Gasteiger partial charge in [-0.05, 0) is 24.2 Å². The molecule has 0 saturated carbocycles. The van der Waals surface area contributed by atoms with Crippen LogP contribution in [-0.4, -0.2) is 45.5 Å². The van der Waals surface area contributed by atoms with E-state index in [0.717, 1.165) is 40.5 Å². The second kappa shape index (κ2) is 7.88. The highest BCUT2D eigenvalue weighted by atomic mass is 28.3. The summed E-state index contributed by atoms with van der Waals surface area (Å²) in [5.41, 5.74) is 3.93. The molecule has 0 amide bonds. The molecule has 1 aromatic carbocycles. The van der Waals surface area contributed by atoms with E-state index in [4.69, 9.17) is 9.57 Å². The number of hydrogen-bond donors (Lipinski definition) is 0. The van der Waals surface area contributed by atoms with Gasteiger partial charge in [0.1, 0.15) is 0 Å². The fourth-order valence-electron chi connectivity index (χ4n) is 3.15. The van der Waals surface area contributed by atoms with E-state index in [1.165, 1.54) is 0 Å². The maximum absolute atomic E-state index is 5.82. The Labute approximate surface area is 171 Å². The van der Waals surface area contributed by atoms with Crippen LogP contribution in [0.2, 0.25) is 25.7 Å². The summed E-state index contributed by atoms with van der Waals surface area (Å²) in [4.78, 5) is 10.4. The zero-order valence-electron chi connectivity index (χ0n) is 17.4. The van der Waals surface area contributed by atoms with E-state index in [0.29, 0.717) is 0 Å². The largest absolute Gasteiger partial charge is 0.385 e. The summed E-state index contributed by atoms with van der Waals surface area (Å²) < 4.78 is 11.2. The minimum absolute atomic E-state index is 0.245. The second-order valence-corrected chi connectivity index (χ2v) is 14.0. The van der Waals surface area contributed by atoms with Gasteiger partial charge in [-0.25, -0.2) is 4.98 Å². The van der Waals surface area contributed by atoms with Crippen molar-refractivity contribution in [1.82, 2.24) is 24.1 Å². The summed E-state index contributed by atoms with van der Waals surface area (Å²) in [7, 11) is 0.817. The van der Waals surface area contributed by atoms with Crippen molar-refractivity contribution in [2.75, 3.05) is 13.4 Å². The third kappa shape index (κ3) is 4.43. The first-order valence-corrected chi connectivity index (χ1v) is 13.5. The molecule has 152 valence electrons. The molecule has 0 aliphatic carbocycles. The lowest BCUT2D eigenvalue weighted by atomic mass is 10.2. The summed E-state index contributed by atoms with van der Waals surface area (Å²) in [5, 5.41) is 5.31. The van der Waals surface area contributed by atoms with Crippen LogP contribution in [0, 0.1) is 0 Å². The molecule has 4 rings (SSSR count). The van der Waals surface area contributed by atoms with Crippen LogP contribution in [0.25, 0.3) is 27.8 Å². The van der Waals surface area contributed by atoms with Gasteiger partial charge in [-0.15, -0.1) is 0 Å². The first-order valence-electron chi connectivity index (χ1n) is 9.75. The van der Waals surface area contributed by atoms with Crippen molar-refractivity contribution in [2.24, 2.45) is 7.05 Å². The van der Waals surface area contributed by atoms with E-state index in [1.807, 2.05) is 54.9 Å². The minimum atomic E-state index is -1.08. The van der Waals surface area contributed by atoms with Crippen LogP contribution in [0.3, 0.4) is 0 Å². The Morgan fingerprint density at radius 3 is 2.72 bits per heavy atom. The average Bonchev–Trinajstić information content (AvgIpc) is 3.39. The van der Waals surface area contributed by atoms with Crippen molar-refractivity contribution in [3.05, 3.63) is 55.4 Å². The molecule has 0 atom stereocenters. The minimum Gasteiger partial charge on any atom is -0.385 e. The molecule has 0 aliphatic heterocycles. The van der Waals surface area contributed by atoms with E-state index in [9.17, 15) is 0 Å². The second-order valence-electron chi connectivity index (χ2n) is 8.39. The standard InChI is InChI=1S/C21H27N5O2Si/c1-24-13-17(12-23-24)19-14-25(15-22-19)20-6-5-7-21-18(20)8-9-26(21)28-16-27-10-11-29(2,3)4/h5-9,12-15H,10-11,16H2,1-4H3. The number of nitrogens with zero attached hydrogens (tertiary/aromatic N) is 5. The van der Waals surface area contributed by atoms with Crippen molar-refractivity contribution in [1.29, 1.82) is 0 Å². The maximum atomic E-state index is 5.82. The van der Waals surface area contributed by atoms with E-state index in [1.54, 1.807) is 9.41 Å². The van der Waals surface area contributed by atoms with Crippen LogP contribution in [0.4, 0.5) is 0 Å². The van der Waals surface area contributed by atoms with Gasteiger partial charge in [-0.3, -0.25) is 4.68 Å². The lowest BCUT2D eigenvalue weighted by molar-refractivity contribution is -0.0515. The van der Waals surface area contributed by atoms with Crippen LogP contribution in [0.15, 0.2) is 55.4 Å². The van der Waals surface area contributed by atoms with Gasteiger partial charge in [0.15, 0.2) is 0 Å². The molecular weight excluding hydrogens is 382 g/mol. The molecule has 7 nitrogen and oxygen atoms in total. The Bertz CT molecular complexity index is 1110. The first-order chi connectivity index (χ1) is 13.9. The lowest BCUT2D eigenvalue weighted by Crippen LogP contribution is -2.23. The zero-order valence-corrected chi connectivity index (χ0v) is 18.4. The molecular formula is C21H27N5O2Si. The van der Waals surface area contributed by atoms with Gasteiger partial charge in [0, 0.05) is 51.3 Å². The molecule has 0 bridgehead atoms. The van der Waals surface area contributed by atoms with E-state index >= 15 is 0 Å². The van der Waals surface area contributed by atoms with Crippen molar-refractivity contribution in [3.63, 3.8) is 0 Å². The van der Waals surface area contributed by atoms with Gasteiger partial charge in [-0.1, -0.05) is 25.7 Å². The molecule has 8 heteroatoms. The Balaban J connectivity index is 1.50. The number of benzene rings is 1. The summed E-state index contributed by atoms with van der Waals surface area (Å²) in [5.74, 6) is 0. The molecule has 0 saturated heterocycles. The summed E-state index contributed by atoms with van der Waals surface area (Å²) in [6.07, 6.45) is 9.55. The van der Waals surface area contributed by atoms with Gasteiger partial charge in [0.2, 0.25) is 6.79 Å². The molecule has 3 heterocycles. The number of aromatic nitrogens is 5. The number of aryl methyl sites for hydroxylation is 1. The topological polar surface area (TPSA) is 59.0 Å². The first kappa shape index (κ1) is 19.5. The lowest BCUT2D eigenvalue weighted by Gasteiger charge is -2.15. The highest BCUT2D eigenvalue weighted by molar-refractivity contribution is 6.76. The number of hydrogen-bond acceptors (Lipinski definition) is 4. The number of ether oxygens (including phenoxy) is 1. The molecule has 0 fully saturated rings. The smallest absolute Gasteiger partial charge is 0.214 e. The van der Waals surface area contributed by atoms with Crippen molar-refractivity contribution >= 4 is 19.0 Å². The SMILES string of the molecule is Cn1cc(-c2cn(-c3cccc4c3ccn4OCOCC[Si](C)(C)C)cn2)cn1. The van der Waals surface area contributed by atoms with Gasteiger partial charge in [-0.2, -0.15) is 9.83 Å².